The third-order valence-corrected chi connectivity index (χ3v) is 3.19. The van der Waals surface area contributed by atoms with E-state index in [-0.39, 0.29) is 11.5 Å². The Balaban J connectivity index is 2.07. The molecule has 1 heterocycles. The smallest absolute Gasteiger partial charge is 0.183 e. The van der Waals surface area contributed by atoms with Crippen LogP contribution in [-0.4, -0.2) is 24.4 Å². The van der Waals surface area contributed by atoms with E-state index in [1.165, 1.54) is 0 Å². The molecule has 2 aromatic carbocycles. The molecule has 0 saturated heterocycles. The number of hydrogen-bond donors (Lipinski definition) is 3. The zero-order valence-corrected chi connectivity index (χ0v) is 10.6. The minimum Gasteiger partial charge on any atom is -0.508 e. The van der Waals surface area contributed by atoms with Crippen LogP contribution in [0, 0.1) is 0 Å². The van der Waals surface area contributed by atoms with Crippen LogP contribution in [0.15, 0.2) is 42.5 Å². The number of nitrogens with one attached hydrogen (secondary N) is 1. The minimum absolute atomic E-state index is 0.140. The van der Waals surface area contributed by atoms with Crippen molar-refractivity contribution in [2.45, 2.75) is 6.23 Å². The number of benzene rings is 2. The largest absolute Gasteiger partial charge is 0.508 e. The summed E-state index contributed by atoms with van der Waals surface area (Å²) in [5.41, 5.74) is 2.60. The Morgan fingerprint density at radius 2 is 1.70 bits per heavy atom. The summed E-state index contributed by atoms with van der Waals surface area (Å²) in [6.45, 7) is 0. The van der Waals surface area contributed by atoms with Gasteiger partial charge in [0.05, 0.1) is 0 Å². The van der Waals surface area contributed by atoms with Gasteiger partial charge >= 0.3 is 0 Å². The van der Waals surface area contributed by atoms with E-state index in [1.54, 1.807) is 42.5 Å². The molecule has 20 heavy (non-hydrogen) atoms. The lowest BCUT2D eigenvalue weighted by molar-refractivity contribution is 0.245. The maximum Gasteiger partial charge on any atom is 0.183 e. The van der Waals surface area contributed by atoms with Gasteiger partial charge in [0.25, 0.3) is 0 Å². The Morgan fingerprint density at radius 1 is 1.00 bits per heavy atom. The van der Waals surface area contributed by atoms with Crippen molar-refractivity contribution >= 4 is 19.6 Å². The summed E-state index contributed by atoms with van der Waals surface area (Å²) >= 11 is 0. The molecule has 0 saturated carbocycles. The Hall–Kier alpha value is -2.40. The molecule has 1 atom stereocenters. The van der Waals surface area contributed by atoms with Crippen LogP contribution in [0.2, 0.25) is 0 Å². The quantitative estimate of drug-likeness (QED) is 0.727. The Bertz CT molecular complexity index is 667. The van der Waals surface area contributed by atoms with Crippen LogP contribution in [-0.2, 0) is 0 Å². The number of aromatic hydroxyl groups is 2. The summed E-state index contributed by atoms with van der Waals surface area (Å²) in [6.07, 6.45) is 1.42. The Morgan fingerprint density at radius 3 is 2.40 bits per heavy atom. The molecule has 4 nitrogen and oxygen atoms in total. The van der Waals surface area contributed by atoms with Crippen molar-refractivity contribution in [3.63, 3.8) is 0 Å². The third-order valence-electron chi connectivity index (χ3n) is 3.19. The van der Waals surface area contributed by atoms with Crippen molar-refractivity contribution in [3.8, 4) is 17.2 Å². The lowest BCUT2D eigenvalue weighted by atomic mass is 9.97. The highest BCUT2D eigenvalue weighted by Crippen LogP contribution is 2.35. The van der Waals surface area contributed by atoms with Gasteiger partial charge in [0.15, 0.2) is 14.2 Å². The van der Waals surface area contributed by atoms with Crippen LogP contribution in [0.3, 0.4) is 0 Å². The molecule has 0 bridgehead atoms. The molecule has 3 N–H and O–H groups in total. The van der Waals surface area contributed by atoms with Gasteiger partial charge in [-0.2, -0.15) is 0 Å². The van der Waals surface area contributed by atoms with E-state index >= 15 is 0 Å². The first-order valence-electron chi connectivity index (χ1n) is 6.14. The van der Waals surface area contributed by atoms with E-state index in [2.05, 4.69) is 5.23 Å². The van der Waals surface area contributed by atoms with Crippen molar-refractivity contribution in [1.29, 1.82) is 0 Å². The number of phenolic OH excluding ortho intramolecular Hbond substituents is 2. The molecule has 2 radical (unpaired) electrons. The van der Waals surface area contributed by atoms with Crippen LogP contribution in [0.5, 0.6) is 17.2 Å². The minimum atomic E-state index is -0.520. The summed E-state index contributed by atoms with van der Waals surface area (Å²) in [4.78, 5) is 0. The van der Waals surface area contributed by atoms with Gasteiger partial charge in [-0.15, -0.1) is 0 Å². The number of ether oxygens (including phenoxy) is 1. The van der Waals surface area contributed by atoms with Crippen molar-refractivity contribution in [2.75, 3.05) is 0 Å². The first-order valence-corrected chi connectivity index (χ1v) is 6.14. The van der Waals surface area contributed by atoms with E-state index in [4.69, 9.17) is 12.7 Å². The second-order valence-corrected chi connectivity index (χ2v) is 4.53. The lowest BCUT2D eigenvalue weighted by Gasteiger charge is -2.27. The zero-order chi connectivity index (χ0) is 14.1. The van der Waals surface area contributed by atoms with Crippen molar-refractivity contribution in [3.05, 3.63) is 53.6 Å². The van der Waals surface area contributed by atoms with Crippen molar-refractivity contribution < 1.29 is 14.9 Å². The van der Waals surface area contributed by atoms with E-state index < -0.39 is 6.23 Å². The van der Waals surface area contributed by atoms with E-state index in [1.807, 2.05) is 6.08 Å². The first kappa shape index (κ1) is 12.6. The predicted octanol–water partition coefficient (Wildman–Crippen LogP) is 2.03. The van der Waals surface area contributed by atoms with Gasteiger partial charge in [0, 0.05) is 17.2 Å². The highest BCUT2D eigenvalue weighted by Gasteiger charge is 2.22. The monoisotopic (exact) mass is 265 g/mol. The van der Waals surface area contributed by atoms with Crippen LogP contribution in [0.25, 0.3) is 11.6 Å². The van der Waals surface area contributed by atoms with Gasteiger partial charge in [-0.25, -0.2) is 0 Å². The molecule has 0 aliphatic carbocycles. The van der Waals surface area contributed by atoms with Crippen LogP contribution >= 0.6 is 0 Å². The first-order chi connectivity index (χ1) is 9.67. The molecule has 2 aromatic rings. The number of hydrogen-bond acceptors (Lipinski definition) is 4. The maximum absolute atomic E-state index is 9.48. The highest BCUT2D eigenvalue weighted by atomic mass is 16.5. The summed E-state index contributed by atoms with van der Waals surface area (Å²) in [6, 6.07) is 11.7. The third kappa shape index (κ3) is 2.23. The van der Waals surface area contributed by atoms with E-state index in [0.717, 1.165) is 16.7 Å². The van der Waals surface area contributed by atoms with Crippen molar-refractivity contribution in [2.24, 2.45) is 0 Å². The standard InChI is InChI=1S/C15H12BNO3/c16-17-15-13(9-1-4-11(18)5-2-9)7-10-3-6-12(19)8-14(10)20-15/h1-8,15,17-19H. The Kier molecular flexibility index (Phi) is 3.12. The molecule has 98 valence electrons. The molecule has 0 fully saturated rings. The number of phenols is 2. The van der Waals surface area contributed by atoms with Gasteiger partial charge in [-0.05, 0) is 35.9 Å². The molecule has 1 aliphatic rings. The van der Waals surface area contributed by atoms with Gasteiger partial charge < -0.3 is 20.2 Å². The summed E-state index contributed by atoms with van der Waals surface area (Å²) in [7, 11) is 5.53. The van der Waals surface area contributed by atoms with Gasteiger partial charge in [-0.1, -0.05) is 12.1 Å². The normalized spacial score (nSPS) is 17.0. The molecular weight excluding hydrogens is 253 g/mol. The molecule has 1 unspecified atom stereocenters. The van der Waals surface area contributed by atoms with E-state index in [0.29, 0.717) is 5.75 Å². The van der Waals surface area contributed by atoms with Gasteiger partial charge in [-0.3, -0.25) is 0 Å². The fourth-order valence-electron chi connectivity index (χ4n) is 2.19. The topological polar surface area (TPSA) is 61.7 Å². The molecule has 1 aliphatic heterocycles. The summed E-state index contributed by atoms with van der Waals surface area (Å²) in [5, 5.41) is 21.4. The average Bonchev–Trinajstić information content (AvgIpc) is 2.46. The average molecular weight is 265 g/mol. The highest BCUT2D eigenvalue weighted by molar-refractivity contribution is 6.06. The number of rotatable bonds is 2. The predicted molar refractivity (Wildman–Crippen MR) is 77.4 cm³/mol. The number of fused-ring (bicyclic) bond motifs is 1. The molecule has 5 heteroatoms. The molecule has 3 rings (SSSR count). The fourth-order valence-corrected chi connectivity index (χ4v) is 2.19. The second kappa shape index (κ2) is 4.94. The van der Waals surface area contributed by atoms with Crippen LogP contribution in [0.1, 0.15) is 11.1 Å². The maximum atomic E-state index is 9.48. The summed E-state index contributed by atoms with van der Waals surface area (Å²) in [5.74, 6) is 0.908. The van der Waals surface area contributed by atoms with Gasteiger partial charge in [0.2, 0.25) is 0 Å². The van der Waals surface area contributed by atoms with E-state index in [9.17, 15) is 10.2 Å². The molecule has 0 spiro atoms. The fraction of sp³-hybridized carbons (Fsp3) is 0.0667. The van der Waals surface area contributed by atoms with Gasteiger partial charge in [0.1, 0.15) is 17.2 Å². The Labute approximate surface area is 117 Å². The summed E-state index contributed by atoms with van der Waals surface area (Å²) < 4.78 is 5.73. The molecule has 0 aromatic heterocycles. The second-order valence-electron chi connectivity index (χ2n) is 4.53. The molecular formula is C15H12BNO3. The van der Waals surface area contributed by atoms with Crippen molar-refractivity contribution in [1.82, 2.24) is 5.23 Å². The lowest BCUT2D eigenvalue weighted by Crippen LogP contribution is -2.35. The van der Waals surface area contributed by atoms with Crippen LogP contribution in [0.4, 0.5) is 0 Å². The SMILES string of the molecule is [B]NC1Oc2cc(O)ccc2C=C1c1ccc(O)cc1. The van der Waals surface area contributed by atoms with Crippen LogP contribution < -0.4 is 9.96 Å². The zero-order valence-electron chi connectivity index (χ0n) is 10.6. The molecule has 0 amide bonds.